The molecule has 1 saturated heterocycles. The third-order valence-electron chi connectivity index (χ3n) is 3.39. The summed E-state index contributed by atoms with van der Waals surface area (Å²) in [7, 11) is 2.19. The first kappa shape index (κ1) is 12.9. The molecular formula is C12H26N2O. The fourth-order valence-corrected chi connectivity index (χ4v) is 2.27. The quantitative estimate of drug-likeness (QED) is 0.715. The van der Waals surface area contributed by atoms with E-state index in [9.17, 15) is 5.11 Å². The van der Waals surface area contributed by atoms with E-state index in [0.29, 0.717) is 5.92 Å². The fourth-order valence-electron chi connectivity index (χ4n) is 2.27. The molecule has 3 nitrogen and oxygen atoms in total. The minimum atomic E-state index is 0.250. The summed E-state index contributed by atoms with van der Waals surface area (Å²) in [6.45, 7) is 8.04. The Morgan fingerprint density at radius 3 is 2.73 bits per heavy atom. The number of aliphatic hydroxyl groups is 1. The average Bonchev–Trinajstić information content (AvgIpc) is 2.18. The first-order chi connectivity index (χ1) is 7.13. The molecule has 0 bridgehead atoms. The number of nitrogens with one attached hydrogen (secondary N) is 1. The molecule has 1 aliphatic rings. The number of likely N-dealkylation sites (tertiary alicyclic amines) is 1. The molecule has 2 N–H and O–H groups in total. The van der Waals surface area contributed by atoms with Gasteiger partial charge in [0.2, 0.25) is 0 Å². The van der Waals surface area contributed by atoms with Crippen molar-refractivity contribution < 1.29 is 5.11 Å². The lowest BCUT2D eigenvalue weighted by Crippen LogP contribution is -2.43. The Kier molecular flexibility index (Phi) is 5.58. The summed E-state index contributed by atoms with van der Waals surface area (Å²) in [5, 5.41) is 12.7. The molecule has 2 atom stereocenters. The molecule has 0 aromatic rings. The number of piperidine rings is 1. The van der Waals surface area contributed by atoms with Crippen LogP contribution in [0.15, 0.2) is 0 Å². The van der Waals surface area contributed by atoms with E-state index in [0.717, 1.165) is 12.5 Å². The second-order valence-electron chi connectivity index (χ2n) is 5.21. The molecule has 1 aliphatic heterocycles. The van der Waals surface area contributed by atoms with E-state index in [1.165, 1.54) is 25.9 Å². The van der Waals surface area contributed by atoms with Gasteiger partial charge in [0.25, 0.3) is 0 Å². The van der Waals surface area contributed by atoms with E-state index >= 15 is 0 Å². The molecule has 0 spiro atoms. The van der Waals surface area contributed by atoms with Crippen LogP contribution in [-0.2, 0) is 0 Å². The van der Waals surface area contributed by atoms with Crippen molar-refractivity contribution in [2.45, 2.75) is 32.7 Å². The van der Waals surface area contributed by atoms with Gasteiger partial charge in [-0.25, -0.2) is 0 Å². The van der Waals surface area contributed by atoms with Crippen LogP contribution in [0.25, 0.3) is 0 Å². The van der Waals surface area contributed by atoms with Crippen molar-refractivity contribution in [3.8, 4) is 0 Å². The smallest absolute Gasteiger partial charge is 0.0587 e. The third kappa shape index (κ3) is 4.49. The predicted octanol–water partition coefficient (Wildman–Crippen LogP) is 0.935. The Hall–Kier alpha value is -0.120. The lowest BCUT2D eigenvalue weighted by molar-refractivity contribution is 0.175. The summed E-state index contributed by atoms with van der Waals surface area (Å²) in [4.78, 5) is 2.40. The Morgan fingerprint density at radius 1 is 1.47 bits per heavy atom. The summed E-state index contributed by atoms with van der Waals surface area (Å²) in [5.41, 5.74) is 0. The van der Waals surface area contributed by atoms with Gasteiger partial charge in [0.05, 0.1) is 6.61 Å². The van der Waals surface area contributed by atoms with Crippen LogP contribution in [0.4, 0.5) is 0 Å². The maximum absolute atomic E-state index is 9.20. The Morgan fingerprint density at radius 2 is 2.20 bits per heavy atom. The second-order valence-corrected chi connectivity index (χ2v) is 5.21. The Bertz CT molecular complexity index is 173. The van der Waals surface area contributed by atoms with Crippen molar-refractivity contribution in [1.29, 1.82) is 0 Å². The zero-order valence-electron chi connectivity index (χ0n) is 10.4. The van der Waals surface area contributed by atoms with Gasteiger partial charge in [0, 0.05) is 12.6 Å². The van der Waals surface area contributed by atoms with Crippen LogP contribution in [0, 0.1) is 11.8 Å². The van der Waals surface area contributed by atoms with Gasteiger partial charge < -0.3 is 15.3 Å². The maximum atomic E-state index is 9.20. The van der Waals surface area contributed by atoms with Crippen molar-refractivity contribution in [3.05, 3.63) is 0 Å². The normalized spacial score (nSPS) is 25.8. The SMILES string of the molecule is CC(C)C(CO)NCC1CCCN(C)C1. The molecule has 1 heterocycles. The van der Waals surface area contributed by atoms with Crippen LogP contribution < -0.4 is 5.32 Å². The van der Waals surface area contributed by atoms with Gasteiger partial charge in [-0.15, -0.1) is 0 Å². The van der Waals surface area contributed by atoms with Crippen molar-refractivity contribution in [2.75, 3.05) is 33.3 Å². The fraction of sp³-hybridized carbons (Fsp3) is 1.00. The van der Waals surface area contributed by atoms with Crippen LogP contribution in [0.5, 0.6) is 0 Å². The van der Waals surface area contributed by atoms with Gasteiger partial charge in [-0.2, -0.15) is 0 Å². The molecule has 0 amide bonds. The van der Waals surface area contributed by atoms with Gasteiger partial charge in [0.15, 0.2) is 0 Å². The Balaban J connectivity index is 2.23. The number of hydrogen-bond acceptors (Lipinski definition) is 3. The number of nitrogens with zero attached hydrogens (tertiary/aromatic N) is 1. The zero-order chi connectivity index (χ0) is 11.3. The predicted molar refractivity (Wildman–Crippen MR) is 63.9 cm³/mol. The minimum Gasteiger partial charge on any atom is -0.395 e. The van der Waals surface area contributed by atoms with Crippen LogP contribution in [-0.4, -0.2) is 49.3 Å². The van der Waals surface area contributed by atoms with Crippen LogP contribution in [0.3, 0.4) is 0 Å². The highest BCUT2D eigenvalue weighted by Crippen LogP contribution is 2.14. The number of rotatable bonds is 5. The molecule has 0 saturated carbocycles. The van der Waals surface area contributed by atoms with Gasteiger partial charge >= 0.3 is 0 Å². The summed E-state index contributed by atoms with van der Waals surface area (Å²) in [6, 6.07) is 0.261. The summed E-state index contributed by atoms with van der Waals surface area (Å²) >= 11 is 0. The van der Waals surface area contributed by atoms with Crippen molar-refractivity contribution in [2.24, 2.45) is 11.8 Å². The second kappa shape index (κ2) is 6.46. The van der Waals surface area contributed by atoms with Crippen molar-refractivity contribution >= 4 is 0 Å². The van der Waals surface area contributed by atoms with E-state index in [1.807, 2.05) is 0 Å². The van der Waals surface area contributed by atoms with Gasteiger partial charge in [-0.05, 0) is 44.8 Å². The third-order valence-corrected chi connectivity index (χ3v) is 3.39. The van der Waals surface area contributed by atoms with Gasteiger partial charge in [-0.3, -0.25) is 0 Å². The van der Waals surface area contributed by atoms with E-state index in [2.05, 4.69) is 31.1 Å². The molecule has 1 fully saturated rings. The Labute approximate surface area is 93.9 Å². The first-order valence-electron chi connectivity index (χ1n) is 6.16. The monoisotopic (exact) mass is 214 g/mol. The zero-order valence-corrected chi connectivity index (χ0v) is 10.4. The molecule has 0 aliphatic carbocycles. The van der Waals surface area contributed by atoms with Gasteiger partial charge in [0.1, 0.15) is 0 Å². The topological polar surface area (TPSA) is 35.5 Å². The molecule has 15 heavy (non-hydrogen) atoms. The van der Waals surface area contributed by atoms with Crippen molar-refractivity contribution in [1.82, 2.24) is 10.2 Å². The molecule has 90 valence electrons. The number of aliphatic hydroxyl groups excluding tert-OH is 1. The molecule has 0 aromatic carbocycles. The summed E-state index contributed by atoms with van der Waals surface area (Å²) < 4.78 is 0. The maximum Gasteiger partial charge on any atom is 0.0587 e. The molecule has 3 heteroatoms. The molecule has 0 radical (unpaired) electrons. The highest BCUT2D eigenvalue weighted by molar-refractivity contribution is 4.76. The largest absolute Gasteiger partial charge is 0.395 e. The first-order valence-corrected chi connectivity index (χ1v) is 6.16. The summed E-state index contributed by atoms with van der Waals surface area (Å²) in [6.07, 6.45) is 2.64. The molecule has 2 unspecified atom stereocenters. The van der Waals surface area contributed by atoms with E-state index in [-0.39, 0.29) is 12.6 Å². The van der Waals surface area contributed by atoms with Crippen LogP contribution in [0.1, 0.15) is 26.7 Å². The van der Waals surface area contributed by atoms with E-state index in [4.69, 9.17) is 0 Å². The van der Waals surface area contributed by atoms with Crippen LogP contribution >= 0.6 is 0 Å². The molecule has 1 rings (SSSR count). The average molecular weight is 214 g/mol. The molecule has 0 aromatic heterocycles. The lowest BCUT2D eigenvalue weighted by atomic mass is 9.97. The molecular weight excluding hydrogens is 188 g/mol. The van der Waals surface area contributed by atoms with Gasteiger partial charge in [-0.1, -0.05) is 13.8 Å². The standard InChI is InChI=1S/C12H26N2O/c1-10(2)12(9-15)13-7-11-5-4-6-14(3)8-11/h10-13,15H,4-9H2,1-3H3. The minimum absolute atomic E-state index is 0.250. The van der Waals surface area contributed by atoms with E-state index in [1.54, 1.807) is 0 Å². The lowest BCUT2D eigenvalue weighted by Gasteiger charge is -2.31. The van der Waals surface area contributed by atoms with Crippen LogP contribution in [0.2, 0.25) is 0 Å². The highest BCUT2D eigenvalue weighted by Gasteiger charge is 2.19. The summed E-state index contributed by atoms with van der Waals surface area (Å²) in [5.74, 6) is 1.27. The highest BCUT2D eigenvalue weighted by atomic mass is 16.3. The van der Waals surface area contributed by atoms with E-state index < -0.39 is 0 Å². The van der Waals surface area contributed by atoms with Crippen molar-refractivity contribution in [3.63, 3.8) is 0 Å². The number of hydrogen-bond donors (Lipinski definition) is 2.